The van der Waals surface area contributed by atoms with E-state index in [0.29, 0.717) is 24.6 Å². The molecule has 0 atom stereocenters. The Balaban J connectivity index is 1.58. The highest BCUT2D eigenvalue weighted by Crippen LogP contribution is 2.19. The van der Waals surface area contributed by atoms with Crippen LogP contribution in [0.1, 0.15) is 29.2 Å². The number of hydrogen-bond donors (Lipinski definition) is 2. The maximum atomic E-state index is 12.7. The lowest BCUT2D eigenvalue weighted by atomic mass is 10.3. The van der Waals surface area contributed by atoms with Crippen molar-refractivity contribution in [2.24, 2.45) is 0 Å². The van der Waals surface area contributed by atoms with E-state index in [1.165, 1.54) is 12.3 Å². The van der Waals surface area contributed by atoms with Crippen LogP contribution in [0.25, 0.3) is 11.5 Å². The number of amides is 1. The number of aryl methyl sites for hydroxylation is 1. The first-order valence-corrected chi connectivity index (χ1v) is 10.6. The molecule has 0 bridgehead atoms. The fourth-order valence-corrected chi connectivity index (χ4v) is 4.00. The fourth-order valence-electron chi connectivity index (χ4n) is 3.06. The second-order valence-corrected chi connectivity index (χ2v) is 8.28. The molecule has 10 nitrogen and oxygen atoms in total. The lowest BCUT2D eigenvalue weighted by Crippen LogP contribution is -2.27. The van der Waals surface area contributed by atoms with E-state index in [1.54, 1.807) is 36.2 Å². The third-order valence-electron chi connectivity index (χ3n) is 4.46. The Labute approximate surface area is 167 Å². The van der Waals surface area contributed by atoms with Crippen LogP contribution in [0.2, 0.25) is 0 Å². The number of rotatable bonds is 5. The van der Waals surface area contributed by atoms with E-state index in [9.17, 15) is 13.2 Å². The third kappa shape index (κ3) is 4.09. The number of nitrogens with one attached hydrogen (secondary N) is 2. The molecule has 4 rings (SSSR count). The van der Waals surface area contributed by atoms with E-state index in [0.717, 1.165) is 12.8 Å². The molecule has 1 aliphatic rings. The van der Waals surface area contributed by atoms with Gasteiger partial charge in [-0.2, -0.15) is 9.97 Å². The minimum atomic E-state index is -3.99. The molecule has 3 aromatic rings. The van der Waals surface area contributed by atoms with Crippen molar-refractivity contribution in [3.05, 3.63) is 48.2 Å². The Morgan fingerprint density at radius 1 is 1.17 bits per heavy atom. The maximum Gasteiger partial charge on any atom is 0.270 e. The number of carbonyl (C=O) groups is 1. The molecule has 4 heterocycles. The molecule has 1 amide bonds. The van der Waals surface area contributed by atoms with Gasteiger partial charge >= 0.3 is 0 Å². The summed E-state index contributed by atoms with van der Waals surface area (Å²) >= 11 is 0. The second-order valence-electron chi connectivity index (χ2n) is 6.60. The molecule has 3 aromatic heterocycles. The summed E-state index contributed by atoms with van der Waals surface area (Å²) in [5.41, 5.74) is 0.729. The Bertz CT molecular complexity index is 1140. The summed E-state index contributed by atoms with van der Waals surface area (Å²) in [5.74, 6) is 0.274. The van der Waals surface area contributed by atoms with Crippen molar-refractivity contribution in [3.8, 4) is 11.5 Å². The van der Waals surface area contributed by atoms with Gasteiger partial charge in [0.15, 0.2) is 5.82 Å². The van der Waals surface area contributed by atoms with E-state index in [-0.39, 0.29) is 28.3 Å². The largest absolute Gasteiger partial charge is 0.356 e. The molecule has 0 spiro atoms. The normalized spacial score (nSPS) is 14.2. The molecule has 0 saturated carbocycles. The van der Waals surface area contributed by atoms with Gasteiger partial charge in [-0.05, 0) is 38.0 Å². The molecule has 2 N–H and O–H groups in total. The second kappa shape index (κ2) is 7.59. The van der Waals surface area contributed by atoms with Gasteiger partial charge in [0.1, 0.15) is 22.1 Å². The number of sulfonamides is 1. The zero-order chi connectivity index (χ0) is 20.4. The van der Waals surface area contributed by atoms with E-state index < -0.39 is 10.0 Å². The Kier molecular flexibility index (Phi) is 4.97. The SMILES string of the molecule is Cc1nc(NS(=O)(=O)c2c[nH]c(C(=O)N3CCCC3)c2)nc(-c2ccccn2)n1. The number of pyridine rings is 1. The monoisotopic (exact) mass is 413 g/mol. The lowest BCUT2D eigenvalue weighted by Gasteiger charge is -2.13. The number of nitrogens with zero attached hydrogens (tertiary/aromatic N) is 5. The van der Waals surface area contributed by atoms with Crippen molar-refractivity contribution < 1.29 is 13.2 Å². The first-order valence-electron chi connectivity index (χ1n) is 9.07. The average molecular weight is 413 g/mol. The Hall–Kier alpha value is -3.34. The summed E-state index contributed by atoms with van der Waals surface area (Å²) in [4.78, 5) is 33.4. The quantitative estimate of drug-likeness (QED) is 0.649. The molecule has 0 unspecified atom stereocenters. The van der Waals surface area contributed by atoms with Gasteiger partial charge in [-0.15, -0.1) is 0 Å². The number of carbonyl (C=O) groups excluding carboxylic acids is 1. The van der Waals surface area contributed by atoms with Crippen LogP contribution in [0.5, 0.6) is 0 Å². The van der Waals surface area contributed by atoms with E-state index in [2.05, 4.69) is 29.6 Å². The van der Waals surface area contributed by atoms with Crippen LogP contribution in [0.3, 0.4) is 0 Å². The topological polar surface area (TPSA) is 134 Å². The molecule has 1 aliphatic heterocycles. The number of anilines is 1. The number of aromatic nitrogens is 5. The standard InChI is InChI=1S/C18H19N7O3S/c1-12-21-16(14-6-2-3-7-19-14)23-18(22-12)24-29(27,28)13-10-15(20-11-13)17(26)25-8-4-5-9-25/h2-3,6-7,10-11,20H,4-5,8-9H2,1H3,(H,21,22,23,24). The van der Waals surface area contributed by atoms with Crippen molar-refractivity contribution in [1.29, 1.82) is 0 Å². The zero-order valence-corrected chi connectivity index (χ0v) is 16.5. The van der Waals surface area contributed by atoms with E-state index in [4.69, 9.17) is 0 Å². The zero-order valence-electron chi connectivity index (χ0n) is 15.7. The van der Waals surface area contributed by atoms with E-state index >= 15 is 0 Å². The minimum Gasteiger partial charge on any atom is -0.356 e. The van der Waals surface area contributed by atoms with Crippen LogP contribution >= 0.6 is 0 Å². The summed E-state index contributed by atoms with van der Waals surface area (Å²) in [7, 11) is -3.99. The predicted octanol–water partition coefficient (Wildman–Crippen LogP) is 1.61. The first kappa shape index (κ1) is 19.0. The van der Waals surface area contributed by atoms with Gasteiger partial charge in [-0.1, -0.05) is 6.07 Å². The van der Waals surface area contributed by atoms with Crippen molar-refractivity contribution in [2.75, 3.05) is 17.8 Å². The molecule has 11 heteroatoms. The minimum absolute atomic E-state index is 0.0718. The van der Waals surface area contributed by atoms with Crippen LogP contribution in [0.4, 0.5) is 5.95 Å². The van der Waals surface area contributed by atoms with Gasteiger partial charge in [0.2, 0.25) is 5.95 Å². The summed E-state index contributed by atoms with van der Waals surface area (Å²) in [6.45, 7) is 2.99. The number of aromatic amines is 1. The highest BCUT2D eigenvalue weighted by molar-refractivity contribution is 7.92. The van der Waals surface area contributed by atoms with Crippen LogP contribution in [-0.4, -0.2) is 57.2 Å². The molecule has 0 radical (unpaired) electrons. The van der Waals surface area contributed by atoms with Gasteiger partial charge in [-0.3, -0.25) is 9.78 Å². The molecule has 1 fully saturated rings. The number of H-pyrrole nitrogens is 1. The van der Waals surface area contributed by atoms with Crippen LogP contribution < -0.4 is 4.72 Å². The fraction of sp³-hybridized carbons (Fsp3) is 0.278. The van der Waals surface area contributed by atoms with Crippen LogP contribution in [0.15, 0.2) is 41.6 Å². The highest BCUT2D eigenvalue weighted by atomic mass is 32.2. The number of hydrogen-bond acceptors (Lipinski definition) is 7. The molecule has 150 valence electrons. The summed E-state index contributed by atoms with van der Waals surface area (Å²) in [6, 6.07) is 6.57. The smallest absolute Gasteiger partial charge is 0.270 e. The molecular formula is C18H19N7O3S. The van der Waals surface area contributed by atoms with E-state index in [1.807, 2.05) is 0 Å². The summed E-state index contributed by atoms with van der Waals surface area (Å²) in [6.07, 6.45) is 4.78. The highest BCUT2D eigenvalue weighted by Gasteiger charge is 2.24. The van der Waals surface area contributed by atoms with Crippen LogP contribution in [0, 0.1) is 6.92 Å². The molecule has 0 aromatic carbocycles. The van der Waals surface area contributed by atoms with Crippen molar-refractivity contribution in [1.82, 2.24) is 29.8 Å². The van der Waals surface area contributed by atoms with Gasteiger partial charge in [0, 0.05) is 25.5 Å². The van der Waals surface area contributed by atoms with Crippen molar-refractivity contribution in [3.63, 3.8) is 0 Å². The van der Waals surface area contributed by atoms with Gasteiger partial charge in [0.25, 0.3) is 15.9 Å². The predicted molar refractivity (Wildman–Crippen MR) is 105 cm³/mol. The van der Waals surface area contributed by atoms with Gasteiger partial charge in [0.05, 0.1) is 0 Å². The number of likely N-dealkylation sites (tertiary alicyclic amines) is 1. The molecule has 0 aliphatic carbocycles. The summed E-state index contributed by atoms with van der Waals surface area (Å²) in [5, 5.41) is 0. The Morgan fingerprint density at radius 2 is 1.97 bits per heavy atom. The molecular weight excluding hydrogens is 394 g/mol. The first-order chi connectivity index (χ1) is 13.9. The molecule has 29 heavy (non-hydrogen) atoms. The van der Waals surface area contributed by atoms with Gasteiger partial charge in [-0.25, -0.2) is 18.1 Å². The molecule has 1 saturated heterocycles. The average Bonchev–Trinajstić information content (AvgIpc) is 3.40. The van der Waals surface area contributed by atoms with Gasteiger partial charge < -0.3 is 9.88 Å². The maximum absolute atomic E-state index is 12.7. The van der Waals surface area contributed by atoms with Crippen LogP contribution in [-0.2, 0) is 10.0 Å². The van der Waals surface area contributed by atoms with Crippen molar-refractivity contribution >= 4 is 21.9 Å². The Morgan fingerprint density at radius 3 is 2.69 bits per heavy atom. The summed E-state index contributed by atoms with van der Waals surface area (Å²) < 4.78 is 27.8. The van der Waals surface area contributed by atoms with Crippen molar-refractivity contribution in [2.45, 2.75) is 24.7 Å². The third-order valence-corrected chi connectivity index (χ3v) is 5.76. The lowest BCUT2D eigenvalue weighted by molar-refractivity contribution is 0.0787.